The molecule has 4 heterocycles. The Morgan fingerprint density at radius 2 is 2.00 bits per heavy atom. The molecule has 0 fully saturated rings. The fraction of sp³-hybridized carbons (Fsp3) is 0.190. The van der Waals surface area contributed by atoms with E-state index in [0.29, 0.717) is 5.39 Å². The molecule has 0 bridgehead atoms. The van der Waals surface area contributed by atoms with Gasteiger partial charge in [-0.05, 0) is 29.7 Å². The number of tetrazole rings is 1. The van der Waals surface area contributed by atoms with E-state index in [1.807, 2.05) is 5.10 Å². The molecule has 0 aliphatic heterocycles. The number of rotatable bonds is 5. The number of halogens is 4. The van der Waals surface area contributed by atoms with Crippen LogP contribution in [-0.4, -0.2) is 44.9 Å². The summed E-state index contributed by atoms with van der Waals surface area (Å²) >= 11 is 6.28. The van der Waals surface area contributed by atoms with Crippen LogP contribution in [0.2, 0.25) is 5.02 Å². The number of hydrogen-bond acceptors (Lipinski definition) is 9. The van der Waals surface area contributed by atoms with Gasteiger partial charge in [0.15, 0.2) is 5.82 Å². The molecule has 190 valence electrons. The van der Waals surface area contributed by atoms with Gasteiger partial charge in [0.1, 0.15) is 29.2 Å². The number of H-pyrrole nitrogens is 1. The number of nitrogens with zero attached hydrogens (tertiary/aromatic N) is 8. The number of benzene rings is 1. The average molecular weight is 532 g/mol. The van der Waals surface area contributed by atoms with Crippen molar-refractivity contribution in [2.24, 2.45) is 7.05 Å². The summed E-state index contributed by atoms with van der Waals surface area (Å²) < 4.78 is 40.9. The van der Waals surface area contributed by atoms with Crippen molar-refractivity contribution >= 4 is 34.0 Å². The van der Waals surface area contributed by atoms with E-state index in [1.165, 1.54) is 17.2 Å². The molecule has 0 spiro atoms. The van der Waals surface area contributed by atoms with Crippen molar-refractivity contribution < 1.29 is 13.2 Å². The van der Waals surface area contributed by atoms with Crippen LogP contribution in [0.25, 0.3) is 28.0 Å². The second-order valence-corrected chi connectivity index (χ2v) is 8.41. The Morgan fingerprint density at radius 3 is 2.68 bits per heavy atom. The zero-order valence-electron chi connectivity index (χ0n) is 19.1. The van der Waals surface area contributed by atoms with E-state index in [2.05, 4.69) is 35.8 Å². The third kappa shape index (κ3) is 4.33. The Hall–Kier alpha value is -4.53. The van der Waals surface area contributed by atoms with Crippen LogP contribution in [0.15, 0.2) is 41.5 Å². The zero-order valence-corrected chi connectivity index (χ0v) is 19.9. The SMILES string of the molecule is C[C@H](Nc1ncnc(N)c1-c1nnn(C)n1)c1cc2cccc(Cl)c2c(=O)n1-c1cc(C(F)(F)F)[nH]n1. The highest BCUT2D eigenvalue weighted by Crippen LogP contribution is 2.33. The van der Waals surface area contributed by atoms with Gasteiger partial charge in [-0.25, -0.2) is 9.97 Å². The van der Waals surface area contributed by atoms with Crippen molar-refractivity contribution in [3.8, 4) is 17.2 Å². The molecule has 5 aromatic rings. The summed E-state index contributed by atoms with van der Waals surface area (Å²) in [5, 5.41) is 21.5. The van der Waals surface area contributed by atoms with Crippen LogP contribution < -0.4 is 16.6 Å². The van der Waals surface area contributed by atoms with Crippen LogP contribution in [0.3, 0.4) is 0 Å². The molecule has 1 aromatic carbocycles. The van der Waals surface area contributed by atoms with Crippen LogP contribution in [0.4, 0.5) is 24.8 Å². The summed E-state index contributed by atoms with van der Waals surface area (Å²) in [6, 6.07) is 6.52. The van der Waals surface area contributed by atoms with Gasteiger partial charge in [-0.1, -0.05) is 23.7 Å². The van der Waals surface area contributed by atoms with E-state index in [-0.39, 0.29) is 44.9 Å². The Kier molecular flexibility index (Phi) is 5.78. The van der Waals surface area contributed by atoms with Gasteiger partial charge >= 0.3 is 6.18 Å². The number of nitrogen functional groups attached to an aromatic ring is 1. The molecule has 37 heavy (non-hydrogen) atoms. The van der Waals surface area contributed by atoms with Crippen LogP contribution in [0.5, 0.6) is 0 Å². The molecule has 0 radical (unpaired) electrons. The quantitative estimate of drug-likeness (QED) is 0.310. The molecule has 1 atom stereocenters. The third-order valence-corrected chi connectivity index (χ3v) is 5.84. The van der Waals surface area contributed by atoms with Gasteiger partial charge in [0.05, 0.1) is 29.2 Å². The fourth-order valence-electron chi connectivity index (χ4n) is 3.86. The van der Waals surface area contributed by atoms with E-state index < -0.39 is 23.5 Å². The van der Waals surface area contributed by atoms with Crippen molar-refractivity contribution in [1.29, 1.82) is 0 Å². The molecule has 4 aromatic heterocycles. The highest BCUT2D eigenvalue weighted by molar-refractivity contribution is 6.35. The minimum absolute atomic E-state index is 0.0718. The normalized spacial score (nSPS) is 12.7. The maximum atomic E-state index is 13.6. The molecule has 4 N–H and O–H groups in total. The number of aromatic nitrogens is 9. The van der Waals surface area contributed by atoms with E-state index in [4.69, 9.17) is 17.3 Å². The number of alkyl halides is 3. The summed E-state index contributed by atoms with van der Waals surface area (Å²) in [6.45, 7) is 1.69. The molecule has 0 aliphatic carbocycles. The summed E-state index contributed by atoms with van der Waals surface area (Å²) in [4.78, 5) is 23.0. The van der Waals surface area contributed by atoms with Crippen molar-refractivity contribution in [3.05, 3.63) is 63.4 Å². The first-order valence-corrected chi connectivity index (χ1v) is 11.0. The Balaban J connectivity index is 1.68. The fourth-order valence-corrected chi connectivity index (χ4v) is 4.12. The second kappa shape index (κ2) is 8.85. The minimum Gasteiger partial charge on any atom is -0.383 e. The zero-order chi connectivity index (χ0) is 26.5. The largest absolute Gasteiger partial charge is 0.432 e. The van der Waals surface area contributed by atoms with Gasteiger partial charge in [0.25, 0.3) is 5.56 Å². The highest BCUT2D eigenvalue weighted by atomic mass is 35.5. The molecule has 12 nitrogen and oxygen atoms in total. The average Bonchev–Trinajstić information content (AvgIpc) is 3.48. The van der Waals surface area contributed by atoms with E-state index >= 15 is 0 Å². The van der Waals surface area contributed by atoms with Crippen LogP contribution in [0.1, 0.15) is 24.4 Å². The first kappa shape index (κ1) is 24.2. The second-order valence-electron chi connectivity index (χ2n) is 8.00. The maximum Gasteiger partial charge on any atom is 0.432 e. The van der Waals surface area contributed by atoms with E-state index in [1.54, 1.807) is 32.2 Å². The van der Waals surface area contributed by atoms with Crippen LogP contribution in [-0.2, 0) is 13.2 Å². The Labute approximate surface area is 210 Å². The first-order chi connectivity index (χ1) is 17.5. The molecule has 0 unspecified atom stereocenters. The molecule has 0 aliphatic rings. The molecule has 0 saturated heterocycles. The predicted octanol–water partition coefficient (Wildman–Crippen LogP) is 3.12. The number of fused-ring (bicyclic) bond motifs is 1. The highest BCUT2D eigenvalue weighted by Gasteiger charge is 2.34. The van der Waals surface area contributed by atoms with E-state index in [0.717, 1.165) is 10.6 Å². The van der Waals surface area contributed by atoms with Gasteiger partial charge in [-0.15, -0.1) is 10.2 Å². The van der Waals surface area contributed by atoms with Gasteiger partial charge < -0.3 is 11.1 Å². The third-order valence-electron chi connectivity index (χ3n) is 5.53. The lowest BCUT2D eigenvalue weighted by Crippen LogP contribution is -2.26. The lowest BCUT2D eigenvalue weighted by atomic mass is 10.1. The van der Waals surface area contributed by atoms with Crippen molar-refractivity contribution in [2.45, 2.75) is 19.1 Å². The molecule has 0 amide bonds. The number of aromatic amines is 1. The summed E-state index contributed by atoms with van der Waals surface area (Å²) in [5.74, 6) is 0.180. The van der Waals surface area contributed by atoms with Gasteiger partial charge in [0.2, 0.25) is 5.82 Å². The lowest BCUT2D eigenvalue weighted by molar-refractivity contribution is -0.141. The van der Waals surface area contributed by atoms with Crippen LogP contribution in [0, 0.1) is 0 Å². The minimum atomic E-state index is -4.69. The first-order valence-electron chi connectivity index (χ1n) is 10.6. The van der Waals surface area contributed by atoms with Gasteiger partial charge in [-0.3, -0.25) is 14.5 Å². The summed E-state index contributed by atoms with van der Waals surface area (Å²) in [5.41, 5.74) is 4.84. The monoisotopic (exact) mass is 531 g/mol. The number of aryl methyl sites for hydroxylation is 1. The number of hydrogen-bond donors (Lipinski definition) is 3. The number of nitrogens with two attached hydrogens (primary N) is 1. The molecule has 0 saturated carbocycles. The summed E-state index contributed by atoms with van der Waals surface area (Å²) in [7, 11) is 1.57. The topological polar surface area (TPSA) is 158 Å². The number of nitrogens with one attached hydrogen (secondary N) is 2. The van der Waals surface area contributed by atoms with Crippen molar-refractivity contribution in [3.63, 3.8) is 0 Å². The van der Waals surface area contributed by atoms with Crippen LogP contribution >= 0.6 is 11.6 Å². The van der Waals surface area contributed by atoms with Crippen molar-refractivity contribution in [2.75, 3.05) is 11.1 Å². The smallest absolute Gasteiger partial charge is 0.383 e. The molecule has 16 heteroatoms. The molecular formula is C21H17ClF3N11O. The lowest BCUT2D eigenvalue weighted by Gasteiger charge is -2.21. The number of anilines is 2. The maximum absolute atomic E-state index is 13.6. The summed E-state index contributed by atoms with van der Waals surface area (Å²) in [6.07, 6.45) is -3.47. The number of pyridine rings is 1. The van der Waals surface area contributed by atoms with E-state index in [9.17, 15) is 18.0 Å². The standard InChI is InChI=1S/C21H17ClF3N11O/c1-9(29-18-16(17(26)27-8-28-18)19-32-34-35(2)33-19)12-6-10-4-3-5-11(22)15(10)20(37)36(12)14-7-13(30-31-14)21(23,24)25/h3-9H,1-2H3,(H,30,31)(H3,26,27,28,29)/t9-/m0/s1. The molecule has 5 rings (SSSR count). The van der Waals surface area contributed by atoms with Gasteiger partial charge in [0, 0.05) is 6.07 Å². The van der Waals surface area contributed by atoms with Crippen molar-refractivity contribution in [1.82, 2.24) is 44.9 Å². The van der Waals surface area contributed by atoms with Gasteiger partial charge in [-0.2, -0.15) is 23.1 Å². The predicted molar refractivity (Wildman–Crippen MR) is 128 cm³/mol. The Bertz CT molecular complexity index is 1690. The molecular weight excluding hydrogens is 515 g/mol. The Morgan fingerprint density at radius 1 is 1.22 bits per heavy atom.